The number of carbonyl (C=O) groups excluding carboxylic acids is 2. The molecule has 1 heterocycles. The van der Waals surface area contributed by atoms with Crippen molar-refractivity contribution in [3.8, 4) is 0 Å². The van der Waals surface area contributed by atoms with Gasteiger partial charge in [0.1, 0.15) is 0 Å². The lowest BCUT2D eigenvalue weighted by atomic mass is 9.68. The SMILES string of the molecule is CC1=C(C(=O)OCC(C)C)[C@H](c2ccc([N+](=O)[O-])cc2)C2=C(CC(C)(C)CC2=O)N1. The van der Waals surface area contributed by atoms with E-state index in [0.717, 1.165) is 5.70 Å². The maximum Gasteiger partial charge on any atom is 0.336 e. The lowest BCUT2D eigenvalue weighted by Gasteiger charge is -2.39. The third kappa shape index (κ3) is 4.30. The number of dihydropyridines is 1. The number of allylic oxidation sites excluding steroid dienone is 3. The van der Waals surface area contributed by atoms with Gasteiger partial charge >= 0.3 is 5.97 Å². The van der Waals surface area contributed by atoms with Crippen molar-refractivity contribution in [3.05, 3.63) is 62.5 Å². The zero-order valence-corrected chi connectivity index (χ0v) is 18.1. The molecule has 0 bridgehead atoms. The van der Waals surface area contributed by atoms with Crippen LogP contribution < -0.4 is 5.32 Å². The van der Waals surface area contributed by atoms with E-state index in [1.54, 1.807) is 19.1 Å². The number of esters is 1. The molecule has 1 aromatic carbocycles. The number of ketones is 1. The molecule has 160 valence electrons. The Hall–Kier alpha value is -2.96. The Morgan fingerprint density at radius 1 is 1.27 bits per heavy atom. The predicted molar refractivity (Wildman–Crippen MR) is 113 cm³/mol. The molecule has 1 aliphatic carbocycles. The van der Waals surface area contributed by atoms with Crippen molar-refractivity contribution in [2.45, 2.75) is 53.4 Å². The van der Waals surface area contributed by atoms with E-state index in [-0.39, 0.29) is 29.4 Å². The van der Waals surface area contributed by atoms with Crippen molar-refractivity contribution in [2.75, 3.05) is 6.61 Å². The molecule has 1 aromatic rings. The molecule has 0 saturated carbocycles. The second kappa shape index (κ2) is 8.05. The Morgan fingerprint density at radius 3 is 2.47 bits per heavy atom. The molecule has 30 heavy (non-hydrogen) atoms. The highest BCUT2D eigenvalue weighted by molar-refractivity contribution is 6.04. The fourth-order valence-electron chi connectivity index (χ4n) is 4.15. The second-order valence-electron chi connectivity index (χ2n) is 9.27. The molecule has 1 atom stereocenters. The minimum atomic E-state index is -0.606. The molecule has 0 amide bonds. The number of nitrogens with zero attached hydrogens (tertiary/aromatic N) is 1. The Labute approximate surface area is 176 Å². The van der Waals surface area contributed by atoms with E-state index >= 15 is 0 Å². The van der Waals surface area contributed by atoms with E-state index in [4.69, 9.17) is 4.74 Å². The maximum absolute atomic E-state index is 13.2. The molecule has 1 aliphatic heterocycles. The first-order valence-corrected chi connectivity index (χ1v) is 10.2. The first kappa shape index (κ1) is 21.7. The molecule has 7 nitrogen and oxygen atoms in total. The zero-order valence-electron chi connectivity index (χ0n) is 18.1. The summed E-state index contributed by atoms with van der Waals surface area (Å²) in [7, 11) is 0. The van der Waals surface area contributed by atoms with Gasteiger partial charge in [-0.05, 0) is 30.2 Å². The van der Waals surface area contributed by atoms with Gasteiger partial charge in [-0.1, -0.05) is 39.8 Å². The predicted octanol–water partition coefficient (Wildman–Crippen LogP) is 4.40. The topological polar surface area (TPSA) is 98.5 Å². The van der Waals surface area contributed by atoms with Crippen LogP contribution in [-0.4, -0.2) is 23.3 Å². The van der Waals surface area contributed by atoms with Crippen LogP contribution in [0.3, 0.4) is 0 Å². The average molecular weight is 412 g/mol. The van der Waals surface area contributed by atoms with Gasteiger partial charge in [0.15, 0.2) is 5.78 Å². The van der Waals surface area contributed by atoms with Gasteiger partial charge in [0, 0.05) is 41.4 Å². The summed E-state index contributed by atoms with van der Waals surface area (Å²) in [6.07, 6.45) is 1.06. The van der Waals surface area contributed by atoms with E-state index in [9.17, 15) is 19.7 Å². The summed E-state index contributed by atoms with van der Waals surface area (Å²) in [6, 6.07) is 6.05. The molecular formula is C23H28N2O5. The lowest BCUT2D eigenvalue weighted by molar-refractivity contribution is -0.384. The Morgan fingerprint density at radius 2 is 1.90 bits per heavy atom. The van der Waals surface area contributed by atoms with Gasteiger partial charge in [0.2, 0.25) is 0 Å². The highest BCUT2D eigenvalue weighted by Gasteiger charge is 2.43. The number of carbonyl (C=O) groups is 2. The van der Waals surface area contributed by atoms with Crippen molar-refractivity contribution in [1.29, 1.82) is 0 Å². The number of ether oxygens (including phenoxy) is 1. The van der Waals surface area contributed by atoms with Crippen LogP contribution in [0, 0.1) is 21.4 Å². The number of nitro benzene ring substituents is 1. The summed E-state index contributed by atoms with van der Waals surface area (Å²) in [5.41, 5.74) is 2.86. The first-order valence-electron chi connectivity index (χ1n) is 10.2. The summed E-state index contributed by atoms with van der Waals surface area (Å²) in [5, 5.41) is 14.3. The first-order chi connectivity index (χ1) is 14.0. The summed E-state index contributed by atoms with van der Waals surface area (Å²) in [4.78, 5) is 36.8. The van der Waals surface area contributed by atoms with Crippen molar-refractivity contribution >= 4 is 17.4 Å². The van der Waals surface area contributed by atoms with Gasteiger partial charge in [-0.2, -0.15) is 0 Å². The van der Waals surface area contributed by atoms with Crippen LogP contribution in [0.25, 0.3) is 0 Å². The average Bonchev–Trinajstić information content (AvgIpc) is 2.64. The van der Waals surface area contributed by atoms with Crippen LogP contribution >= 0.6 is 0 Å². The highest BCUT2D eigenvalue weighted by Crippen LogP contribution is 2.46. The van der Waals surface area contributed by atoms with Crippen LogP contribution in [0.1, 0.15) is 58.9 Å². The normalized spacial score (nSPS) is 20.7. The second-order valence-corrected chi connectivity index (χ2v) is 9.27. The van der Waals surface area contributed by atoms with Crippen molar-refractivity contribution in [3.63, 3.8) is 0 Å². The fourth-order valence-corrected chi connectivity index (χ4v) is 4.15. The largest absolute Gasteiger partial charge is 0.462 e. The van der Waals surface area contributed by atoms with Crippen LogP contribution in [0.2, 0.25) is 0 Å². The standard InChI is InChI=1S/C23H28N2O5/c1-13(2)12-30-22(27)19-14(3)24-17-10-23(4,5)11-18(26)21(17)20(19)15-6-8-16(9-7-15)25(28)29/h6-9,13,20,24H,10-12H2,1-5H3/t20-/m0/s1. The Bertz CT molecular complexity index is 954. The monoisotopic (exact) mass is 412 g/mol. The smallest absolute Gasteiger partial charge is 0.336 e. The third-order valence-corrected chi connectivity index (χ3v) is 5.44. The van der Waals surface area contributed by atoms with Gasteiger partial charge in [-0.15, -0.1) is 0 Å². The number of nitro groups is 1. The van der Waals surface area contributed by atoms with Crippen LogP contribution in [0.5, 0.6) is 0 Å². The molecule has 0 saturated heterocycles. The summed E-state index contributed by atoms with van der Waals surface area (Å²) in [6.45, 7) is 10.1. The van der Waals surface area contributed by atoms with Gasteiger partial charge in [0.25, 0.3) is 5.69 Å². The molecule has 7 heteroatoms. The number of nitrogens with one attached hydrogen (secondary N) is 1. The summed E-state index contributed by atoms with van der Waals surface area (Å²) < 4.78 is 5.50. The van der Waals surface area contributed by atoms with E-state index in [2.05, 4.69) is 5.32 Å². The molecule has 0 fully saturated rings. The number of non-ortho nitro benzene ring substituents is 1. The minimum absolute atomic E-state index is 0.0150. The van der Waals surface area contributed by atoms with Crippen LogP contribution in [-0.2, 0) is 14.3 Å². The highest BCUT2D eigenvalue weighted by atomic mass is 16.6. The molecule has 0 spiro atoms. The van der Waals surface area contributed by atoms with E-state index in [1.165, 1.54) is 12.1 Å². The minimum Gasteiger partial charge on any atom is -0.462 e. The quantitative estimate of drug-likeness (QED) is 0.437. The molecule has 0 radical (unpaired) electrons. The number of hydrogen-bond acceptors (Lipinski definition) is 6. The molecule has 0 aromatic heterocycles. The molecule has 3 rings (SSSR count). The van der Waals surface area contributed by atoms with Gasteiger partial charge in [0.05, 0.1) is 17.1 Å². The number of hydrogen-bond donors (Lipinski definition) is 1. The molecular weight excluding hydrogens is 384 g/mol. The number of Topliss-reactive ketones (excluding diaryl/α,β-unsaturated/α-hetero) is 1. The van der Waals surface area contributed by atoms with Crippen molar-refractivity contribution in [1.82, 2.24) is 5.32 Å². The van der Waals surface area contributed by atoms with Gasteiger partial charge in [-0.25, -0.2) is 4.79 Å². The fraction of sp³-hybridized carbons (Fsp3) is 0.478. The molecule has 1 N–H and O–H groups in total. The van der Waals surface area contributed by atoms with Crippen molar-refractivity contribution < 1.29 is 19.2 Å². The maximum atomic E-state index is 13.2. The molecule has 0 unspecified atom stereocenters. The van der Waals surface area contributed by atoms with Gasteiger partial charge < -0.3 is 10.1 Å². The summed E-state index contributed by atoms with van der Waals surface area (Å²) in [5.74, 6) is -0.915. The Balaban J connectivity index is 2.11. The van der Waals surface area contributed by atoms with E-state index in [1.807, 2.05) is 27.7 Å². The molecule has 2 aliphatic rings. The van der Waals surface area contributed by atoms with Crippen LogP contribution in [0.15, 0.2) is 46.8 Å². The number of rotatable bonds is 5. The number of benzene rings is 1. The van der Waals surface area contributed by atoms with E-state index in [0.29, 0.717) is 35.2 Å². The summed E-state index contributed by atoms with van der Waals surface area (Å²) >= 11 is 0. The zero-order chi connectivity index (χ0) is 22.2. The lowest BCUT2D eigenvalue weighted by Crippen LogP contribution is -2.38. The van der Waals surface area contributed by atoms with Crippen molar-refractivity contribution in [2.24, 2.45) is 11.3 Å². The third-order valence-electron chi connectivity index (χ3n) is 5.44. The Kier molecular flexibility index (Phi) is 5.83. The van der Waals surface area contributed by atoms with Gasteiger partial charge in [-0.3, -0.25) is 14.9 Å². The van der Waals surface area contributed by atoms with Crippen LogP contribution in [0.4, 0.5) is 5.69 Å². The van der Waals surface area contributed by atoms with E-state index < -0.39 is 16.8 Å².